The van der Waals surface area contributed by atoms with Crippen molar-refractivity contribution in [1.29, 1.82) is 0 Å². The third-order valence-electron chi connectivity index (χ3n) is 3.14. The van der Waals surface area contributed by atoms with Crippen LogP contribution in [0.2, 0.25) is 0 Å². The molecule has 1 amide bonds. The normalized spacial score (nSPS) is 27.1. The molecule has 0 saturated heterocycles. The quantitative estimate of drug-likeness (QED) is 0.646. The minimum absolute atomic E-state index is 0.0601. The molecule has 3 atom stereocenters. The largest absolute Gasteiger partial charge is 0.393 e. The number of nitrogens with two attached hydrogens (primary N) is 1. The fourth-order valence-electron chi connectivity index (χ4n) is 2.22. The van der Waals surface area contributed by atoms with Crippen LogP contribution in [0.4, 0.5) is 0 Å². The lowest BCUT2D eigenvalue weighted by molar-refractivity contribution is -0.122. The Labute approximate surface area is 97.6 Å². The van der Waals surface area contributed by atoms with Crippen LogP contribution < -0.4 is 11.1 Å². The summed E-state index contributed by atoms with van der Waals surface area (Å²) < 4.78 is 0. The molecule has 1 saturated carbocycles. The Morgan fingerprint density at radius 3 is 2.69 bits per heavy atom. The van der Waals surface area contributed by atoms with Crippen molar-refractivity contribution in [3.8, 4) is 0 Å². The van der Waals surface area contributed by atoms with E-state index in [1.54, 1.807) is 0 Å². The van der Waals surface area contributed by atoms with Crippen LogP contribution in [0.25, 0.3) is 0 Å². The van der Waals surface area contributed by atoms with E-state index in [0.29, 0.717) is 18.4 Å². The van der Waals surface area contributed by atoms with Crippen LogP contribution in [0, 0.1) is 11.8 Å². The Kier molecular flexibility index (Phi) is 5.22. The first-order chi connectivity index (χ1) is 7.49. The average Bonchev–Trinajstić information content (AvgIpc) is 2.59. The molecule has 0 aliphatic heterocycles. The number of aliphatic hydroxyl groups is 1. The minimum Gasteiger partial charge on any atom is -0.393 e. The summed E-state index contributed by atoms with van der Waals surface area (Å²) in [6.07, 6.45) is 3.21. The molecule has 1 fully saturated rings. The van der Waals surface area contributed by atoms with Crippen molar-refractivity contribution in [2.24, 2.45) is 17.6 Å². The standard InChI is InChI=1S/C12H24N2O2/c1-8(2)5-11(13)12(16)14-7-9-3-4-10(15)6-9/h8-11,15H,3-7,13H2,1-2H3,(H,14,16). The maximum Gasteiger partial charge on any atom is 0.236 e. The molecule has 1 rings (SSSR count). The van der Waals surface area contributed by atoms with Gasteiger partial charge in [0, 0.05) is 6.54 Å². The molecule has 0 spiro atoms. The minimum atomic E-state index is -0.397. The molecule has 0 aromatic heterocycles. The second kappa shape index (κ2) is 6.21. The van der Waals surface area contributed by atoms with Crippen molar-refractivity contribution in [3.63, 3.8) is 0 Å². The molecular formula is C12H24N2O2. The molecule has 0 bridgehead atoms. The molecule has 0 aromatic carbocycles. The summed E-state index contributed by atoms with van der Waals surface area (Å²) in [4.78, 5) is 11.6. The fraction of sp³-hybridized carbons (Fsp3) is 0.917. The number of nitrogens with one attached hydrogen (secondary N) is 1. The Morgan fingerprint density at radius 2 is 2.19 bits per heavy atom. The first-order valence-electron chi connectivity index (χ1n) is 6.20. The number of carbonyl (C=O) groups is 1. The molecular weight excluding hydrogens is 204 g/mol. The molecule has 0 heterocycles. The lowest BCUT2D eigenvalue weighted by Crippen LogP contribution is -2.42. The van der Waals surface area contributed by atoms with E-state index in [1.165, 1.54) is 0 Å². The summed E-state index contributed by atoms with van der Waals surface area (Å²) in [7, 11) is 0. The predicted molar refractivity (Wildman–Crippen MR) is 63.8 cm³/mol. The van der Waals surface area contributed by atoms with Crippen molar-refractivity contribution < 1.29 is 9.90 Å². The zero-order valence-corrected chi connectivity index (χ0v) is 10.3. The maximum atomic E-state index is 11.6. The summed E-state index contributed by atoms with van der Waals surface area (Å²) in [5.41, 5.74) is 5.77. The monoisotopic (exact) mass is 228 g/mol. The Balaban J connectivity index is 2.19. The van der Waals surface area contributed by atoms with Crippen molar-refractivity contribution in [3.05, 3.63) is 0 Å². The predicted octanol–water partition coefficient (Wildman–Crippen LogP) is 0.637. The maximum absolute atomic E-state index is 11.6. The summed E-state index contributed by atoms with van der Waals surface area (Å²) in [5, 5.41) is 12.2. The van der Waals surface area contributed by atoms with Crippen LogP contribution in [0.3, 0.4) is 0 Å². The van der Waals surface area contributed by atoms with Crippen molar-refractivity contribution >= 4 is 5.91 Å². The molecule has 0 aromatic rings. The number of hydrogen-bond donors (Lipinski definition) is 3. The molecule has 4 nitrogen and oxygen atoms in total. The van der Waals surface area contributed by atoms with E-state index in [4.69, 9.17) is 5.73 Å². The molecule has 94 valence electrons. The van der Waals surface area contributed by atoms with Crippen LogP contribution in [0.1, 0.15) is 39.5 Å². The fourth-order valence-corrected chi connectivity index (χ4v) is 2.22. The highest BCUT2D eigenvalue weighted by molar-refractivity contribution is 5.81. The third-order valence-corrected chi connectivity index (χ3v) is 3.14. The van der Waals surface area contributed by atoms with E-state index in [0.717, 1.165) is 25.7 Å². The van der Waals surface area contributed by atoms with Crippen LogP contribution in [0.15, 0.2) is 0 Å². The van der Waals surface area contributed by atoms with E-state index in [9.17, 15) is 9.90 Å². The molecule has 1 aliphatic carbocycles. The number of rotatable bonds is 5. The molecule has 4 N–H and O–H groups in total. The number of aliphatic hydroxyl groups excluding tert-OH is 1. The lowest BCUT2D eigenvalue weighted by atomic mass is 10.0. The summed E-state index contributed by atoms with van der Waals surface area (Å²) in [6.45, 7) is 4.77. The summed E-state index contributed by atoms with van der Waals surface area (Å²) >= 11 is 0. The van der Waals surface area contributed by atoms with Gasteiger partial charge in [-0.15, -0.1) is 0 Å². The van der Waals surface area contributed by atoms with Gasteiger partial charge in [0.05, 0.1) is 12.1 Å². The van der Waals surface area contributed by atoms with Gasteiger partial charge < -0.3 is 16.2 Å². The van der Waals surface area contributed by atoms with Crippen LogP contribution in [-0.4, -0.2) is 29.7 Å². The molecule has 4 heteroatoms. The zero-order chi connectivity index (χ0) is 12.1. The molecule has 1 aliphatic rings. The number of carbonyl (C=O) groups excluding carboxylic acids is 1. The average molecular weight is 228 g/mol. The summed E-state index contributed by atoms with van der Waals surface area (Å²) in [5.74, 6) is 0.800. The first kappa shape index (κ1) is 13.5. The van der Waals surface area contributed by atoms with Gasteiger partial charge in [-0.2, -0.15) is 0 Å². The van der Waals surface area contributed by atoms with Gasteiger partial charge in [-0.1, -0.05) is 13.8 Å². The van der Waals surface area contributed by atoms with Gasteiger partial charge in [0.25, 0.3) is 0 Å². The van der Waals surface area contributed by atoms with Gasteiger partial charge in [-0.05, 0) is 37.5 Å². The number of amides is 1. The Morgan fingerprint density at radius 1 is 1.50 bits per heavy atom. The summed E-state index contributed by atoms with van der Waals surface area (Å²) in [6, 6.07) is -0.397. The molecule has 0 radical (unpaired) electrons. The van der Waals surface area contributed by atoms with Gasteiger partial charge in [-0.25, -0.2) is 0 Å². The Hall–Kier alpha value is -0.610. The highest BCUT2D eigenvalue weighted by Crippen LogP contribution is 2.24. The van der Waals surface area contributed by atoms with Gasteiger partial charge in [0.1, 0.15) is 0 Å². The van der Waals surface area contributed by atoms with Crippen LogP contribution >= 0.6 is 0 Å². The van der Waals surface area contributed by atoms with Crippen LogP contribution in [-0.2, 0) is 4.79 Å². The van der Waals surface area contributed by atoms with Gasteiger partial charge in [-0.3, -0.25) is 4.79 Å². The topological polar surface area (TPSA) is 75.4 Å². The van der Waals surface area contributed by atoms with Crippen molar-refractivity contribution in [1.82, 2.24) is 5.32 Å². The molecule has 3 unspecified atom stereocenters. The first-order valence-corrected chi connectivity index (χ1v) is 6.20. The third kappa shape index (κ3) is 4.49. The van der Waals surface area contributed by atoms with E-state index in [-0.39, 0.29) is 12.0 Å². The second-order valence-electron chi connectivity index (χ2n) is 5.31. The SMILES string of the molecule is CC(C)CC(N)C(=O)NCC1CCC(O)C1. The van der Waals surface area contributed by atoms with Crippen molar-refractivity contribution in [2.75, 3.05) is 6.54 Å². The van der Waals surface area contributed by atoms with Crippen LogP contribution in [0.5, 0.6) is 0 Å². The van der Waals surface area contributed by atoms with Gasteiger partial charge >= 0.3 is 0 Å². The van der Waals surface area contributed by atoms with Gasteiger partial charge in [0.2, 0.25) is 5.91 Å². The van der Waals surface area contributed by atoms with E-state index >= 15 is 0 Å². The van der Waals surface area contributed by atoms with E-state index in [1.807, 2.05) is 0 Å². The van der Waals surface area contributed by atoms with Crippen molar-refractivity contribution in [2.45, 2.75) is 51.7 Å². The zero-order valence-electron chi connectivity index (χ0n) is 10.3. The molecule has 16 heavy (non-hydrogen) atoms. The highest BCUT2D eigenvalue weighted by atomic mass is 16.3. The second-order valence-corrected chi connectivity index (χ2v) is 5.31. The number of hydrogen-bond acceptors (Lipinski definition) is 3. The highest BCUT2D eigenvalue weighted by Gasteiger charge is 2.23. The van der Waals surface area contributed by atoms with E-state index in [2.05, 4.69) is 19.2 Å². The smallest absolute Gasteiger partial charge is 0.236 e. The lowest BCUT2D eigenvalue weighted by Gasteiger charge is -2.16. The van der Waals surface area contributed by atoms with E-state index < -0.39 is 6.04 Å². The van der Waals surface area contributed by atoms with Gasteiger partial charge in [0.15, 0.2) is 0 Å². The Bertz CT molecular complexity index is 231.